The van der Waals surface area contributed by atoms with Crippen LogP contribution in [0.25, 0.3) is 0 Å². The van der Waals surface area contributed by atoms with Gasteiger partial charge in [-0.3, -0.25) is 9.59 Å². The van der Waals surface area contributed by atoms with Crippen molar-refractivity contribution < 1.29 is 14.3 Å². The number of hydrogen-bond acceptors (Lipinski definition) is 4. The Morgan fingerprint density at radius 2 is 2.22 bits per heavy atom. The Balaban J connectivity index is 0.00000289. The summed E-state index contributed by atoms with van der Waals surface area (Å²) in [6.07, 6.45) is 1.96. The number of halogens is 1. The third-order valence-electron chi connectivity index (χ3n) is 2.94. The quantitative estimate of drug-likeness (QED) is 0.728. The van der Waals surface area contributed by atoms with Gasteiger partial charge >= 0.3 is 5.97 Å². The summed E-state index contributed by atoms with van der Waals surface area (Å²) in [7, 11) is 0. The molecule has 1 aliphatic heterocycles. The van der Waals surface area contributed by atoms with E-state index in [0.29, 0.717) is 13.2 Å². The lowest BCUT2D eigenvalue weighted by Gasteiger charge is -2.22. The highest BCUT2D eigenvalue weighted by Gasteiger charge is 2.22. The number of amides is 1. The number of carbonyl (C=O) groups excluding carboxylic acids is 2. The van der Waals surface area contributed by atoms with E-state index in [4.69, 9.17) is 4.74 Å². The van der Waals surface area contributed by atoms with E-state index in [0.717, 1.165) is 25.9 Å². The molecule has 1 amide bonds. The van der Waals surface area contributed by atoms with Crippen molar-refractivity contribution in [1.82, 2.24) is 10.6 Å². The van der Waals surface area contributed by atoms with E-state index in [1.807, 2.05) is 0 Å². The van der Waals surface area contributed by atoms with Crippen molar-refractivity contribution in [3.8, 4) is 0 Å². The van der Waals surface area contributed by atoms with Crippen LogP contribution in [0.15, 0.2) is 0 Å². The highest BCUT2D eigenvalue weighted by Crippen LogP contribution is 2.09. The molecule has 2 atom stereocenters. The monoisotopic (exact) mass is 278 g/mol. The second-order valence-corrected chi connectivity index (χ2v) is 4.44. The van der Waals surface area contributed by atoms with Crippen molar-refractivity contribution in [3.63, 3.8) is 0 Å². The standard InChI is InChI=1S/C12H22N2O3.ClH/c1-3-17-12(16)9(2)7-14-11(15)10-5-4-6-13-8-10;/h9-10,13H,3-8H2,1-2H3,(H,14,15);1H. The van der Waals surface area contributed by atoms with E-state index in [-0.39, 0.29) is 36.1 Å². The molecule has 18 heavy (non-hydrogen) atoms. The van der Waals surface area contributed by atoms with Gasteiger partial charge in [-0.2, -0.15) is 0 Å². The third kappa shape index (κ3) is 5.69. The lowest BCUT2D eigenvalue weighted by Crippen LogP contribution is -2.42. The Bertz CT molecular complexity index is 268. The fraction of sp³-hybridized carbons (Fsp3) is 0.833. The van der Waals surface area contributed by atoms with Crippen molar-refractivity contribution in [2.45, 2.75) is 26.7 Å². The van der Waals surface area contributed by atoms with Gasteiger partial charge in [0, 0.05) is 13.1 Å². The van der Waals surface area contributed by atoms with Gasteiger partial charge in [0.15, 0.2) is 0 Å². The van der Waals surface area contributed by atoms with Crippen LogP contribution in [0.2, 0.25) is 0 Å². The van der Waals surface area contributed by atoms with Crippen molar-refractivity contribution in [3.05, 3.63) is 0 Å². The third-order valence-corrected chi connectivity index (χ3v) is 2.94. The van der Waals surface area contributed by atoms with Crippen LogP contribution in [-0.2, 0) is 14.3 Å². The summed E-state index contributed by atoms with van der Waals surface area (Å²) in [5.41, 5.74) is 0. The van der Waals surface area contributed by atoms with Crippen LogP contribution in [0.3, 0.4) is 0 Å². The average molecular weight is 279 g/mol. The summed E-state index contributed by atoms with van der Waals surface area (Å²) in [5, 5.41) is 6.01. The maximum atomic E-state index is 11.8. The van der Waals surface area contributed by atoms with Crippen LogP contribution in [-0.4, -0.2) is 38.1 Å². The molecule has 0 bridgehead atoms. The Morgan fingerprint density at radius 3 is 2.78 bits per heavy atom. The molecule has 1 heterocycles. The van der Waals surface area contributed by atoms with Gasteiger partial charge in [-0.05, 0) is 26.3 Å². The number of carbonyl (C=O) groups is 2. The summed E-state index contributed by atoms with van der Waals surface area (Å²) < 4.78 is 4.88. The zero-order valence-corrected chi connectivity index (χ0v) is 11.8. The van der Waals surface area contributed by atoms with Crippen LogP contribution >= 0.6 is 12.4 Å². The van der Waals surface area contributed by atoms with Crippen molar-refractivity contribution in [2.24, 2.45) is 11.8 Å². The molecule has 0 aliphatic carbocycles. The minimum Gasteiger partial charge on any atom is -0.466 e. The second kappa shape index (κ2) is 9.16. The van der Waals surface area contributed by atoms with E-state index in [1.165, 1.54) is 0 Å². The highest BCUT2D eigenvalue weighted by molar-refractivity contribution is 5.85. The van der Waals surface area contributed by atoms with Crippen LogP contribution < -0.4 is 10.6 Å². The second-order valence-electron chi connectivity index (χ2n) is 4.44. The molecule has 1 saturated heterocycles. The molecule has 0 aromatic carbocycles. The average Bonchev–Trinajstić information content (AvgIpc) is 2.36. The van der Waals surface area contributed by atoms with E-state index >= 15 is 0 Å². The number of hydrogen-bond donors (Lipinski definition) is 2. The molecule has 1 rings (SSSR count). The maximum absolute atomic E-state index is 11.8. The van der Waals surface area contributed by atoms with Gasteiger partial charge in [-0.25, -0.2) is 0 Å². The first-order chi connectivity index (χ1) is 8.15. The smallest absolute Gasteiger partial charge is 0.310 e. The number of piperidine rings is 1. The summed E-state index contributed by atoms with van der Waals surface area (Å²) in [6, 6.07) is 0. The molecule has 0 aromatic heterocycles. The Hall–Kier alpha value is -0.810. The van der Waals surface area contributed by atoms with E-state index in [2.05, 4.69) is 10.6 Å². The highest BCUT2D eigenvalue weighted by atomic mass is 35.5. The summed E-state index contributed by atoms with van der Waals surface area (Å²) in [6.45, 7) is 5.99. The van der Waals surface area contributed by atoms with E-state index < -0.39 is 0 Å². The Morgan fingerprint density at radius 1 is 1.50 bits per heavy atom. The summed E-state index contributed by atoms with van der Waals surface area (Å²) in [4.78, 5) is 23.1. The molecule has 0 spiro atoms. The number of esters is 1. The van der Waals surface area contributed by atoms with E-state index in [1.54, 1.807) is 13.8 Å². The van der Waals surface area contributed by atoms with Gasteiger partial charge in [0.1, 0.15) is 0 Å². The molecular weight excluding hydrogens is 256 g/mol. The largest absolute Gasteiger partial charge is 0.466 e. The molecule has 5 nitrogen and oxygen atoms in total. The fourth-order valence-electron chi connectivity index (χ4n) is 1.84. The first-order valence-corrected chi connectivity index (χ1v) is 6.30. The van der Waals surface area contributed by atoms with Gasteiger partial charge in [-0.1, -0.05) is 6.92 Å². The normalized spacial score (nSPS) is 20.4. The van der Waals surface area contributed by atoms with Crippen molar-refractivity contribution in [1.29, 1.82) is 0 Å². The summed E-state index contributed by atoms with van der Waals surface area (Å²) >= 11 is 0. The van der Waals surface area contributed by atoms with Gasteiger partial charge in [0.2, 0.25) is 5.91 Å². The van der Waals surface area contributed by atoms with Crippen molar-refractivity contribution >= 4 is 24.3 Å². The van der Waals surface area contributed by atoms with E-state index in [9.17, 15) is 9.59 Å². The lowest BCUT2D eigenvalue weighted by atomic mass is 9.98. The van der Waals surface area contributed by atoms with Crippen LogP contribution in [0, 0.1) is 11.8 Å². The zero-order valence-electron chi connectivity index (χ0n) is 11.0. The molecule has 0 aromatic rings. The number of nitrogens with one attached hydrogen (secondary N) is 2. The lowest BCUT2D eigenvalue weighted by molar-refractivity contribution is -0.147. The molecule has 1 aliphatic rings. The van der Waals surface area contributed by atoms with Crippen molar-refractivity contribution in [2.75, 3.05) is 26.2 Å². The molecule has 2 unspecified atom stereocenters. The Labute approximate surface area is 114 Å². The predicted molar refractivity (Wildman–Crippen MR) is 71.6 cm³/mol. The van der Waals surface area contributed by atoms with Crippen LogP contribution in [0.4, 0.5) is 0 Å². The van der Waals surface area contributed by atoms with Gasteiger partial charge in [0.25, 0.3) is 0 Å². The first-order valence-electron chi connectivity index (χ1n) is 6.30. The number of ether oxygens (including phenoxy) is 1. The predicted octanol–water partition coefficient (Wildman–Crippen LogP) is 0.723. The van der Waals surface area contributed by atoms with Crippen LogP contribution in [0.5, 0.6) is 0 Å². The molecule has 106 valence electrons. The summed E-state index contributed by atoms with van der Waals surface area (Å²) in [5.74, 6) is -0.462. The molecule has 0 saturated carbocycles. The fourth-order valence-corrected chi connectivity index (χ4v) is 1.84. The molecule has 2 N–H and O–H groups in total. The number of rotatable bonds is 5. The molecule has 6 heteroatoms. The molecule has 0 radical (unpaired) electrons. The van der Waals surface area contributed by atoms with Gasteiger partial charge in [0.05, 0.1) is 18.4 Å². The zero-order chi connectivity index (χ0) is 12.7. The molecule has 1 fully saturated rings. The maximum Gasteiger partial charge on any atom is 0.310 e. The first kappa shape index (κ1) is 17.2. The topological polar surface area (TPSA) is 67.4 Å². The Kier molecular flexibility index (Phi) is 8.75. The van der Waals surface area contributed by atoms with Gasteiger partial charge < -0.3 is 15.4 Å². The minimum absolute atomic E-state index is 0. The van der Waals surface area contributed by atoms with Crippen LogP contribution in [0.1, 0.15) is 26.7 Å². The molecular formula is C12H23ClN2O3. The van der Waals surface area contributed by atoms with Gasteiger partial charge in [-0.15, -0.1) is 12.4 Å². The minimum atomic E-state index is -0.282. The SMILES string of the molecule is CCOC(=O)C(C)CNC(=O)C1CCCNC1.Cl.